The molecule has 2 aromatic carbocycles. The molecule has 1 N–H and O–H groups in total. The van der Waals surface area contributed by atoms with Gasteiger partial charge in [-0.2, -0.15) is 0 Å². The Labute approximate surface area is 168 Å². The van der Waals surface area contributed by atoms with E-state index in [2.05, 4.69) is 5.32 Å². The van der Waals surface area contributed by atoms with Gasteiger partial charge in [0.1, 0.15) is 0 Å². The monoisotopic (exact) mass is 402 g/mol. The maximum absolute atomic E-state index is 13.1. The lowest BCUT2D eigenvalue weighted by atomic mass is 9.94. The number of carbonyl (C=O) groups is 2. The summed E-state index contributed by atoms with van der Waals surface area (Å²) in [5.41, 5.74) is 2.30. The van der Waals surface area contributed by atoms with Gasteiger partial charge in [0.05, 0.1) is 21.8 Å². The van der Waals surface area contributed by atoms with Gasteiger partial charge in [0.15, 0.2) is 0 Å². The molecule has 1 aliphatic carbocycles. The van der Waals surface area contributed by atoms with Gasteiger partial charge in [-0.25, -0.2) is 0 Å². The van der Waals surface area contributed by atoms with Crippen molar-refractivity contribution < 1.29 is 9.59 Å². The van der Waals surface area contributed by atoms with Crippen LogP contribution in [0.5, 0.6) is 0 Å². The highest BCUT2D eigenvalue weighted by molar-refractivity contribution is 6.37. The van der Waals surface area contributed by atoms with Gasteiger partial charge in [-0.15, -0.1) is 0 Å². The van der Waals surface area contributed by atoms with Crippen LogP contribution < -0.4 is 5.32 Å². The van der Waals surface area contributed by atoms with Crippen LogP contribution in [-0.2, 0) is 6.54 Å². The lowest BCUT2D eigenvalue weighted by Crippen LogP contribution is -2.37. The number of hydrogen-bond acceptors (Lipinski definition) is 2. The average molecular weight is 403 g/mol. The van der Waals surface area contributed by atoms with E-state index in [-0.39, 0.29) is 17.9 Å². The molecule has 0 atom stereocenters. The SMILES string of the molecule is O=C(Nc1ccc(Cl)cc1Cl)c1cccc2c1C(=O)N(C1CCCCC1)C2. The number of fused-ring (bicyclic) bond motifs is 1. The van der Waals surface area contributed by atoms with Crippen molar-refractivity contribution in [3.63, 3.8) is 0 Å². The van der Waals surface area contributed by atoms with Crippen LogP contribution in [0.1, 0.15) is 58.4 Å². The summed E-state index contributed by atoms with van der Waals surface area (Å²) in [7, 11) is 0. The summed E-state index contributed by atoms with van der Waals surface area (Å²) in [5.74, 6) is -0.375. The zero-order chi connectivity index (χ0) is 19.0. The van der Waals surface area contributed by atoms with E-state index in [1.54, 1.807) is 24.3 Å². The van der Waals surface area contributed by atoms with Crippen LogP contribution in [0, 0.1) is 0 Å². The molecule has 2 amide bonds. The third-order valence-electron chi connectivity index (χ3n) is 5.41. The van der Waals surface area contributed by atoms with E-state index in [1.165, 1.54) is 6.42 Å². The number of amides is 2. The zero-order valence-corrected chi connectivity index (χ0v) is 16.3. The normalized spacial score (nSPS) is 17.1. The van der Waals surface area contributed by atoms with Gasteiger partial charge in [-0.05, 0) is 42.7 Å². The summed E-state index contributed by atoms with van der Waals surface area (Å²) in [5, 5.41) is 3.66. The Balaban J connectivity index is 1.60. The maximum atomic E-state index is 13.1. The lowest BCUT2D eigenvalue weighted by molar-refractivity contribution is 0.0657. The first-order valence-corrected chi connectivity index (χ1v) is 9.99. The first-order valence-electron chi connectivity index (χ1n) is 9.24. The number of carbonyl (C=O) groups excluding carboxylic acids is 2. The van der Waals surface area contributed by atoms with Crippen molar-refractivity contribution in [2.24, 2.45) is 0 Å². The van der Waals surface area contributed by atoms with Crippen molar-refractivity contribution in [2.45, 2.75) is 44.7 Å². The Bertz CT molecular complexity index is 907. The molecule has 0 unspecified atom stereocenters. The largest absolute Gasteiger partial charge is 0.331 e. The fraction of sp³-hybridized carbons (Fsp3) is 0.333. The van der Waals surface area contributed by atoms with Crippen molar-refractivity contribution in [3.05, 3.63) is 63.1 Å². The highest BCUT2D eigenvalue weighted by Gasteiger charge is 2.36. The molecular weight excluding hydrogens is 383 g/mol. The molecule has 2 aromatic rings. The Morgan fingerprint density at radius 3 is 2.59 bits per heavy atom. The number of benzene rings is 2. The van der Waals surface area contributed by atoms with Crippen molar-refractivity contribution >= 4 is 40.7 Å². The van der Waals surface area contributed by atoms with Gasteiger partial charge in [-0.1, -0.05) is 54.6 Å². The van der Waals surface area contributed by atoms with Crippen molar-refractivity contribution in [3.8, 4) is 0 Å². The fourth-order valence-electron chi connectivity index (χ4n) is 4.04. The highest BCUT2D eigenvalue weighted by Crippen LogP contribution is 2.33. The first-order chi connectivity index (χ1) is 13.0. The zero-order valence-electron chi connectivity index (χ0n) is 14.8. The number of hydrogen-bond donors (Lipinski definition) is 1. The molecule has 0 radical (unpaired) electrons. The predicted molar refractivity (Wildman–Crippen MR) is 108 cm³/mol. The summed E-state index contributed by atoms with van der Waals surface area (Å²) >= 11 is 12.1. The molecule has 1 heterocycles. The standard InChI is InChI=1S/C21H20Cl2N2O2/c22-14-9-10-18(17(23)11-14)24-20(26)16-8-4-5-13-12-25(21(27)19(13)16)15-6-2-1-3-7-15/h4-5,8-11,15H,1-3,6-7,12H2,(H,24,26). The second kappa shape index (κ2) is 7.53. The Hall–Kier alpha value is -2.04. The van der Waals surface area contributed by atoms with Gasteiger partial charge >= 0.3 is 0 Å². The summed E-state index contributed by atoms with van der Waals surface area (Å²) in [4.78, 5) is 27.9. The fourth-order valence-corrected chi connectivity index (χ4v) is 4.50. The molecule has 140 valence electrons. The van der Waals surface area contributed by atoms with E-state index in [0.717, 1.165) is 31.2 Å². The molecule has 0 aromatic heterocycles. The number of rotatable bonds is 3. The number of nitrogens with one attached hydrogen (secondary N) is 1. The van der Waals surface area contributed by atoms with Gasteiger partial charge in [0, 0.05) is 17.6 Å². The lowest BCUT2D eigenvalue weighted by Gasteiger charge is -2.30. The van der Waals surface area contributed by atoms with E-state index >= 15 is 0 Å². The number of halogens is 2. The minimum absolute atomic E-state index is 0.0372. The van der Waals surface area contributed by atoms with Crippen molar-refractivity contribution in [1.29, 1.82) is 0 Å². The van der Waals surface area contributed by atoms with E-state index < -0.39 is 0 Å². The third kappa shape index (κ3) is 3.56. The van der Waals surface area contributed by atoms with Crippen LogP contribution in [0.2, 0.25) is 10.0 Å². The molecule has 6 heteroatoms. The van der Waals surface area contributed by atoms with Crippen molar-refractivity contribution in [2.75, 3.05) is 5.32 Å². The van der Waals surface area contributed by atoms with Crippen LogP contribution in [0.25, 0.3) is 0 Å². The van der Waals surface area contributed by atoms with E-state index in [0.29, 0.717) is 33.4 Å². The van der Waals surface area contributed by atoms with Crippen molar-refractivity contribution in [1.82, 2.24) is 4.90 Å². The summed E-state index contributed by atoms with van der Waals surface area (Å²) in [6.45, 7) is 0.585. The van der Waals surface area contributed by atoms with E-state index in [1.807, 2.05) is 17.0 Å². The van der Waals surface area contributed by atoms with E-state index in [9.17, 15) is 9.59 Å². The molecule has 0 bridgehead atoms. The number of anilines is 1. The number of nitrogens with zero attached hydrogens (tertiary/aromatic N) is 1. The topological polar surface area (TPSA) is 49.4 Å². The Morgan fingerprint density at radius 2 is 1.85 bits per heavy atom. The maximum Gasteiger partial charge on any atom is 0.256 e. The molecule has 4 rings (SSSR count). The summed E-state index contributed by atoms with van der Waals surface area (Å²) in [6.07, 6.45) is 5.64. The third-order valence-corrected chi connectivity index (χ3v) is 5.95. The second-order valence-electron chi connectivity index (χ2n) is 7.14. The Kier molecular flexibility index (Phi) is 5.11. The molecule has 0 saturated heterocycles. The average Bonchev–Trinajstić information content (AvgIpc) is 3.01. The Morgan fingerprint density at radius 1 is 1.07 bits per heavy atom. The van der Waals surface area contributed by atoms with E-state index in [4.69, 9.17) is 23.2 Å². The van der Waals surface area contributed by atoms with Crippen LogP contribution in [0.3, 0.4) is 0 Å². The van der Waals surface area contributed by atoms with Gasteiger partial charge in [-0.3, -0.25) is 9.59 Å². The minimum atomic E-state index is -0.338. The van der Waals surface area contributed by atoms with Crippen LogP contribution in [0.15, 0.2) is 36.4 Å². The van der Waals surface area contributed by atoms with Crippen LogP contribution in [-0.4, -0.2) is 22.8 Å². The molecule has 2 aliphatic rings. The molecule has 1 saturated carbocycles. The summed E-state index contributed by atoms with van der Waals surface area (Å²) < 4.78 is 0. The minimum Gasteiger partial charge on any atom is -0.331 e. The smallest absolute Gasteiger partial charge is 0.256 e. The second-order valence-corrected chi connectivity index (χ2v) is 7.99. The van der Waals surface area contributed by atoms with Gasteiger partial charge in [0.25, 0.3) is 11.8 Å². The molecule has 1 fully saturated rings. The van der Waals surface area contributed by atoms with Gasteiger partial charge in [0.2, 0.25) is 0 Å². The summed E-state index contributed by atoms with van der Waals surface area (Å²) in [6, 6.07) is 10.6. The van der Waals surface area contributed by atoms with Gasteiger partial charge < -0.3 is 10.2 Å². The van der Waals surface area contributed by atoms with Crippen LogP contribution >= 0.6 is 23.2 Å². The molecule has 1 aliphatic heterocycles. The molecule has 0 spiro atoms. The quantitative estimate of drug-likeness (QED) is 0.732. The molecule has 27 heavy (non-hydrogen) atoms. The molecule has 4 nitrogen and oxygen atoms in total. The highest BCUT2D eigenvalue weighted by atomic mass is 35.5. The predicted octanol–water partition coefficient (Wildman–Crippen LogP) is 5.53. The molecular formula is C21H20Cl2N2O2. The van der Waals surface area contributed by atoms with Crippen LogP contribution in [0.4, 0.5) is 5.69 Å². The first kappa shape index (κ1) is 18.3.